The highest BCUT2D eigenvalue weighted by Crippen LogP contribution is 2.18. The van der Waals surface area contributed by atoms with Gasteiger partial charge in [0.1, 0.15) is 24.4 Å². The summed E-state index contributed by atoms with van der Waals surface area (Å²) in [6.07, 6.45) is 3.12. The van der Waals surface area contributed by atoms with Crippen LogP contribution in [0.5, 0.6) is 0 Å². The first-order chi connectivity index (χ1) is 20.0. The first kappa shape index (κ1) is 34.2. The number of benzene rings is 1. The molecule has 8 N–H and O–H groups in total. The Balaban J connectivity index is 2.22. The molecule has 13 nitrogen and oxygen atoms in total. The van der Waals surface area contributed by atoms with E-state index in [4.69, 9.17) is 11.5 Å². The van der Waals surface area contributed by atoms with E-state index in [0.29, 0.717) is 50.9 Å². The van der Waals surface area contributed by atoms with Crippen molar-refractivity contribution in [3.05, 3.63) is 29.8 Å². The lowest BCUT2D eigenvalue weighted by Crippen LogP contribution is -2.57. The summed E-state index contributed by atoms with van der Waals surface area (Å²) in [5.74, 6) is -3.47. The van der Waals surface area contributed by atoms with Crippen molar-refractivity contribution in [2.75, 3.05) is 18.8 Å². The standard InChI is InChI=1S/C29H44N6O7/c1-18(2)16-24(28(41)33-23(7-3-4-14-30)29(42)35-15-5-6-21(35)17-36)34-27(40)22(12-13-25(37)38)32-26(39)19-8-10-20(31)11-9-19/h8-11,17-18,21-24H,3-7,12-16,30-31H2,1-2H3,(H,32,39)(H,33,41)(H,34,40)(H,37,38)/t21?,22-,23-,24-/m0/s1. The van der Waals surface area contributed by atoms with Crippen molar-refractivity contribution in [3.63, 3.8) is 0 Å². The SMILES string of the molecule is CC(C)C[C@H](NC(=O)[C@H](CCC(=O)O)NC(=O)c1ccc(N)cc1)C(=O)N[C@@H](CCCCN)C(=O)N1CCCC1C=O. The first-order valence-electron chi connectivity index (χ1n) is 14.4. The van der Waals surface area contributed by atoms with Crippen molar-refractivity contribution in [3.8, 4) is 0 Å². The van der Waals surface area contributed by atoms with Crippen molar-refractivity contribution in [1.29, 1.82) is 0 Å². The van der Waals surface area contributed by atoms with Gasteiger partial charge in [0, 0.05) is 24.2 Å². The molecule has 2 rings (SSSR count). The summed E-state index contributed by atoms with van der Waals surface area (Å²) in [5, 5.41) is 17.2. The van der Waals surface area contributed by atoms with Gasteiger partial charge in [0.15, 0.2) is 0 Å². The minimum atomic E-state index is -1.24. The summed E-state index contributed by atoms with van der Waals surface area (Å²) in [4.78, 5) is 77.3. The Morgan fingerprint density at radius 1 is 0.976 bits per heavy atom. The fourth-order valence-electron chi connectivity index (χ4n) is 4.82. The minimum Gasteiger partial charge on any atom is -0.481 e. The van der Waals surface area contributed by atoms with Crippen LogP contribution in [0, 0.1) is 5.92 Å². The molecule has 1 unspecified atom stereocenters. The van der Waals surface area contributed by atoms with E-state index in [2.05, 4.69) is 16.0 Å². The lowest BCUT2D eigenvalue weighted by molar-refractivity contribution is -0.139. The number of carboxylic acids is 1. The highest BCUT2D eigenvalue weighted by Gasteiger charge is 2.35. The van der Waals surface area contributed by atoms with Crippen LogP contribution in [0.3, 0.4) is 0 Å². The number of hydrogen-bond acceptors (Lipinski definition) is 8. The predicted molar refractivity (Wildman–Crippen MR) is 156 cm³/mol. The molecule has 232 valence electrons. The van der Waals surface area contributed by atoms with Gasteiger partial charge in [-0.2, -0.15) is 0 Å². The average Bonchev–Trinajstić information content (AvgIpc) is 3.43. The number of carboxylic acid groups (broad SMARTS) is 1. The van der Waals surface area contributed by atoms with Gasteiger partial charge >= 0.3 is 5.97 Å². The number of unbranched alkanes of at least 4 members (excludes halogenated alkanes) is 1. The number of anilines is 1. The Hall–Kier alpha value is -4.00. The van der Waals surface area contributed by atoms with Gasteiger partial charge < -0.3 is 42.2 Å². The molecule has 0 bridgehead atoms. The molecule has 4 amide bonds. The maximum absolute atomic E-state index is 13.5. The molecule has 1 aromatic rings. The van der Waals surface area contributed by atoms with Crippen LogP contribution >= 0.6 is 0 Å². The second-order valence-electron chi connectivity index (χ2n) is 11.0. The van der Waals surface area contributed by atoms with Crippen molar-refractivity contribution >= 4 is 41.6 Å². The molecule has 4 atom stereocenters. The molecule has 42 heavy (non-hydrogen) atoms. The molecule has 0 aliphatic carbocycles. The molecule has 1 aliphatic heterocycles. The normalized spacial score (nSPS) is 16.8. The fourth-order valence-corrected chi connectivity index (χ4v) is 4.82. The molecule has 0 radical (unpaired) electrons. The third kappa shape index (κ3) is 10.8. The number of carbonyl (C=O) groups excluding carboxylic acids is 5. The molecule has 0 spiro atoms. The number of carbonyl (C=O) groups is 6. The van der Waals surface area contributed by atoms with E-state index in [1.807, 2.05) is 13.8 Å². The number of aldehydes is 1. The average molecular weight is 589 g/mol. The molecule has 0 saturated carbocycles. The summed E-state index contributed by atoms with van der Waals surface area (Å²) >= 11 is 0. The molecular weight excluding hydrogens is 544 g/mol. The van der Waals surface area contributed by atoms with Crippen LogP contribution in [0.4, 0.5) is 5.69 Å². The first-order valence-corrected chi connectivity index (χ1v) is 14.4. The zero-order valence-electron chi connectivity index (χ0n) is 24.3. The van der Waals surface area contributed by atoms with Gasteiger partial charge in [-0.05, 0) is 81.7 Å². The number of rotatable bonds is 17. The van der Waals surface area contributed by atoms with Gasteiger partial charge in [-0.15, -0.1) is 0 Å². The number of amides is 4. The Bertz CT molecular complexity index is 1090. The molecule has 1 aliphatic rings. The molecule has 1 aromatic carbocycles. The molecule has 13 heteroatoms. The predicted octanol–water partition coefficient (Wildman–Crippen LogP) is 0.567. The summed E-state index contributed by atoms with van der Waals surface area (Å²) < 4.78 is 0. The number of likely N-dealkylation sites (tertiary alicyclic amines) is 1. The molecule has 1 fully saturated rings. The quantitative estimate of drug-likeness (QED) is 0.0851. The van der Waals surface area contributed by atoms with Crippen molar-refractivity contribution in [2.24, 2.45) is 11.7 Å². The van der Waals surface area contributed by atoms with Crippen LogP contribution in [-0.2, 0) is 24.0 Å². The Labute approximate surface area is 246 Å². The van der Waals surface area contributed by atoms with Crippen molar-refractivity contribution in [2.45, 2.75) is 89.4 Å². The fraction of sp³-hybridized carbons (Fsp3) is 0.586. The highest BCUT2D eigenvalue weighted by atomic mass is 16.4. The molecule has 1 saturated heterocycles. The zero-order valence-corrected chi connectivity index (χ0v) is 24.3. The second kappa shape index (κ2) is 17.1. The van der Waals surface area contributed by atoms with E-state index in [1.165, 1.54) is 29.2 Å². The van der Waals surface area contributed by atoms with E-state index in [0.717, 1.165) is 6.29 Å². The molecule has 1 heterocycles. The molecule has 0 aromatic heterocycles. The lowest BCUT2D eigenvalue weighted by atomic mass is 10.0. The van der Waals surface area contributed by atoms with Gasteiger partial charge in [-0.1, -0.05) is 13.8 Å². The third-order valence-electron chi connectivity index (χ3n) is 7.08. The summed E-state index contributed by atoms with van der Waals surface area (Å²) in [5.41, 5.74) is 12.0. The summed E-state index contributed by atoms with van der Waals surface area (Å²) in [7, 11) is 0. The van der Waals surface area contributed by atoms with E-state index in [9.17, 15) is 33.9 Å². The Morgan fingerprint density at radius 3 is 2.21 bits per heavy atom. The van der Waals surface area contributed by atoms with Gasteiger partial charge in [-0.25, -0.2) is 0 Å². The van der Waals surface area contributed by atoms with E-state index < -0.39 is 54.3 Å². The van der Waals surface area contributed by atoms with Gasteiger partial charge in [0.25, 0.3) is 5.91 Å². The summed E-state index contributed by atoms with van der Waals surface area (Å²) in [6, 6.07) is 2.23. The Morgan fingerprint density at radius 2 is 1.62 bits per heavy atom. The van der Waals surface area contributed by atoms with Crippen LogP contribution in [0.2, 0.25) is 0 Å². The number of nitrogens with two attached hydrogens (primary N) is 2. The third-order valence-corrected chi connectivity index (χ3v) is 7.08. The smallest absolute Gasteiger partial charge is 0.303 e. The zero-order chi connectivity index (χ0) is 31.2. The lowest BCUT2D eigenvalue weighted by Gasteiger charge is -2.29. The number of nitrogen functional groups attached to an aromatic ring is 1. The van der Waals surface area contributed by atoms with E-state index >= 15 is 0 Å². The van der Waals surface area contributed by atoms with Gasteiger partial charge in [-0.3, -0.25) is 24.0 Å². The topological polar surface area (TPSA) is 214 Å². The maximum Gasteiger partial charge on any atom is 0.303 e. The van der Waals surface area contributed by atoms with Crippen LogP contribution in [0.25, 0.3) is 0 Å². The second-order valence-corrected chi connectivity index (χ2v) is 11.0. The highest BCUT2D eigenvalue weighted by molar-refractivity contribution is 5.99. The minimum absolute atomic E-state index is 0.0349. The van der Waals surface area contributed by atoms with Gasteiger partial charge in [0.05, 0.1) is 6.04 Å². The maximum atomic E-state index is 13.5. The number of nitrogens with zero attached hydrogens (tertiary/aromatic N) is 1. The number of aliphatic carboxylic acids is 1. The number of nitrogens with one attached hydrogen (secondary N) is 3. The van der Waals surface area contributed by atoms with Crippen molar-refractivity contribution < 1.29 is 33.9 Å². The van der Waals surface area contributed by atoms with E-state index in [-0.39, 0.29) is 30.2 Å². The van der Waals surface area contributed by atoms with Crippen LogP contribution in [-0.4, -0.2) is 83.1 Å². The van der Waals surface area contributed by atoms with E-state index in [1.54, 1.807) is 0 Å². The Kier molecular flexibility index (Phi) is 13.9. The van der Waals surface area contributed by atoms with Crippen LogP contribution < -0.4 is 27.4 Å². The largest absolute Gasteiger partial charge is 0.481 e. The van der Waals surface area contributed by atoms with Crippen LogP contribution in [0.1, 0.15) is 75.6 Å². The van der Waals surface area contributed by atoms with Gasteiger partial charge in [0.2, 0.25) is 17.7 Å². The monoisotopic (exact) mass is 588 g/mol. The number of hydrogen-bond donors (Lipinski definition) is 6. The molecular formula is C29H44N6O7. The van der Waals surface area contributed by atoms with Crippen molar-refractivity contribution in [1.82, 2.24) is 20.9 Å². The van der Waals surface area contributed by atoms with Crippen LogP contribution in [0.15, 0.2) is 24.3 Å². The summed E-state index contributed by atoms with van der Waals surface area (Å²) in [6.45, 7) is 4.55.